The van der Waals surface area contributed by atoms with Crippen molar-refractivity contribution in [2.45, 2.75) is 40.2 Å². The minimum atomic E-state index is -2.81. The van der Waals surface area contributed by atoms with Crippen molar-refractivity contribution in [3.63, 3.8) is 0 Å². The number of carbonyl (C=O) groups is 2. The third-order valence-corrected chi connectivity index (χ3v) is 4.09. The van der Waals surface area contributed by atoms with Crippen LogP contribution in [-0.4, -0.2) is 44.9 Å². The second kappa shape index (κ2) is 7.79. The molecule has 2 rings (SSSR count). The number of aliphatic carboxylic acids is 1. The van der Waals surface area contributed by atoms with Crippen LogP contribution in [0.3, 0.4) is 0 Å². The molecule has 2 unspecified atom stereocenters. The van der Waals surface area contributed by atoms with Crippen molar-refractivity contribution in [3.05, 3.63) is 11.9 Å². The molecular formula is C16H24F2N4O3. The van der Waals surface area contributed by atoms with Gasteiger partial charge in [0.2, 0.25) is 0 Å². The number of hydrogen-bond acceptors (Lipinski definition) is 3. The number of aromatic nitrogens is 2. The number of carboxylic acid groups (broad SMARTS) is 1. The molecule has 0 spiro atoms. The number of halogens is 2. The van der Waals surface area contributed by atoms with E-state index in [0.717, 1.165) is 0 Å². The molecule has 1 aromatic heterocycles. The van der Waals surface area contributed by atoms with Crippen LogP contribution in [-0.2, 0) is 11.3 Å². The van der Waals surface area contributed by atoms with E-state index in [1.807, 2.05) is 20.8 Å². The highest BCUT2D eigenvalue weighted by Gasteiger charge is 2.32. The molecule has 7 nitrogen and oxygen atoms in total. The summed E-state index contributed by atoms with van der Waals surface area (Å²) in [6, 6.07) is -0.580. The van der Waals surface area contributed by atoms with E-state index in [9.17, 15) is 23.5 Å². The normalized spacial score (nSPS) is 21.0. The Morgan fingerprint density at radius 2 is 2.08 bits per heavy atom. The molecule has 0 aliphatic carbocycles. The highest BCUT2D eigenvalue weighted by atomic mass is 19.3. The van der Waals surface area contributed by atoms with Crippen molar-refractivity contribution >= 4 is 17.7 Å². The first-order valence-electron chi connectivity index (χ1n) is 8.31. The molecule has 2 heterocycles. The maximum Gasteiger partial charge on any atom is 0.321 e. The first-order chi connectivity index (χ1) is 11.7. The fraction of sp³-hybridized carbons (Fsp3) is 0.688. The Hall–Kier alpha value is -2.19. The Morgan fingerprint density at radius 3 is 2.64 bits per heavy atom. The number of likely N-dealkylation sites (tertiary alicyclic amines) is 1. The van der Waals surface area contributed by atoms with E-state index in [1.165, 1.54) is 15.8 Å². The maximum absolute atomic E-state index is 13.2. The number of alkyl halides is 2. The lowest BCUT2D eigenvalue weighted by atomic mass is 9.91. The summed E-state index contributed by atoms with van der Waals surface area (Å²) in [6.07, 6.45) is -0.925. The van der Waals surface area contributed by atoms with Gasteiger partial charge in [-0.25, -0.2) is 13.6 Å². The predicted molar refractivity (Wildman–Crippen MR) is 87.5 cm³/mol. The third-order valence-electron chi connectivity index (χ3n) is 4.09. The van der Waals surface area contributed by atoms with Gasteiger partial charge in [0.25, 0.3) is 6.43 Å². The Morgan fingerprint density at radius 1 is 1.40 bits per heavy atom. The van der Waals surface area contributed by atoms with Gasteiger partial charge in [0, 0.05) is 25.8 Å². The number of amides is 2. The summed E-state index contributed by atoms with van der Waals surface area (Å²) in [6.45, 7) is 6.64. The predicted octanol–water partition coefficient (Wildman–Crippen LogP) is 3.05. The van der Waals surface area contributed by atoms with Gasteiger partial charge in [-0.05, 0) is 18.3 Å². The summed E-state index contributed by atoms with van der Waals surface area (Å²) in [4.78, 5) is 25.0. The van der Waals surface area contributed by atoms with E-state index in [2.05, 4.69) is 10.4 Å². The van der Waals surface area contributed by atoms with Crippen molar-refractivity contribution < 1.29 is 23.5 Å². The molecule has 2 amide bonds. The van der Waals surface area contributed by atoms with Crippen LogP contribution >= 0.6 is 0 Å². The molecule has 1 aliphatic heterocycles. The molecule has 2 N–H and O–H groups in total. The number of nitrogens with zero attached hydrogens (tertiary/aromatic N) is 3. The maximum atomic E-state index is 13.2. The van der Waals surface area contributed by atoms with E-state index in [1.54, 1.807) is 0 Å². The first kappa shape index (κ1) is 19.1. The van der Waals surface area contributed by atoms with Crippen molar-refractivity contribution in [1.29, 1.82) is 0 Å². The SMILES string of the molecule is CC(C)Cn1cc(NC(=O)N2CC(C)CC(C(=O)O)C2)c(C(F)F)n1. The monoisotopic (exact) mass is 358 g/mol. The number of anilines is 1. The van der Waals surface area contributed by atoms with Crippen molar-refractivity contribution in [1.82, 2.24) is 14.7 Å². The van der Waals surface area contributed by atoms with Crippen molar-refractivity contribution in [3.8, 4) is 0 Å². The Labute approximate surface area is 145 Å². The highest BCUT2D eigenvalue weighted by Crippen LogP contribution is 2.27. The van der Waals surface area contributed by atoms with Gasteiger partial charge in [0.1, 0.15) is 0 Å². The number of hydrogen-bond donors (Lipinski definition) is 2. The van der Waals surface area contributed by atoms with Crippen LogP contribution in [0.4, 0.5) is 19.3 Å². The van der Waals surface area contributed by atoms with E-state index in [0.29, 0.717) is 19.5 Å². The third kappa shape index (κ3) is 4.90. The molecular weight excluding hydrogens is 334 g/mol. The lowest BCUT2D eigenvalue weighted by molar-refractivity contribution is -0.143. The Kier molecular flexibility index (Phi) is 5.97. The number of urea groups is 1. The summed E-state index contributed by atoms with van der Waals surface area (Å²) in [5, 5.41) is 15.5. The second-order valence-electron chi connectivity index (χ2n) is 7.06. The molecule has 9 heteroatoms. The molecule has 1 fully saturated rings. The van der Waals surface area contributed by atoms with Crippen molar-refractivity contribution in [2.75, 3.05) is 18.4 Å². The van der Waals surface area contributed by atoms with E-state index in [-0.39, 0.29) is 24.1 Å². The van der Waals surface area contributed by atoms with Gasteiger partial charge in [-0.15, -0.1) is 0 Å². The quantitative estimate of drug-likeness (QED) is 0.847. The molecule has 0 bridgehead atoms. The Balaban J connectivity index is 2.13. The summed E-state index contributed by atoms with van der Waals surface area (Å²) in [5.41, 5.74) is -0.514. The van der Waals surface area contributed by atoms with Crippen LogP contribution in [0.5, 0.6) is 0 Å². The smallest absolute Gasteiger partial charge is 0.321 e. The fourth-order valence-corrected chi connectivity index (χ4v) is 3.05. The molecule has 1 saturated heterocycles. The second-order valence-corrected chi connectivity index (χ2v) is 7.06. The van der Waals surface area contributed by atoms with E-state index < -0.39 is 30.0 Å². The summed E-state index contributed by atoms with van der Waals surface area (Å²) in [5.74, 6) is -1.36. The summed E-state index contributed by atoms with van der Waals surface area (Å²) < 4.78 is 27.8. The average molecular weight is 358 g/mol. The highest BCUT2D eigenvalue weighted by molar-refractivity contribution is 5.90. The summed E-state index contributed by atoms with van der Waals surface area (Å²) >= 11 is 0. The van der Waals surface area contributed by atoms with Crippen LogP contribution < -0.4 is 5.32 Å². The summed E-state index contributed by atoms with van der Waals surface area (Å²) in [7, 11) is 0. The van der Waals surface area contributed by atoms with Gasteiger partial charge in [-0.3, -0.25) is 9.48 Å². The van der Waals surface area contributed by atoms with E-state index >= 15 is 0 Å². The standard InChI is InChI=1S/C16H24F2N4O3/c1-9(2)5-22-8-12(13(20-22)14(17)18)19-16(25)21-6-10(3)4-11(7-21)15(23)24/h8-11,14H,4-7H2,1-3H3,(H,19,25)(H,23,24). The zero-order chi connectivity index (χ0) is 18.7. The molecule has 25 heavy (non-hydrogen) atoms. The van der Waals surface area contributed by atoms with Crippen LogP contribution in [0.15, 0.2) is 6.20 Å². The van der Waals surface area contributed by atoms with Crippen LogP contribution in [0.2, 0.25) is 0 Å². The van der Waals surface area contributed by atoms with Gasteiger partial charge in [-0.2, -0.15) is 5.10 Å². The van der Waals surface area contributed by atoms with Gasteiger partial charge in [0.05, 0.1) is 11.6 Å². The molecule has 0 aromatic carbocycles. The van der Waals surface area contributed by atoms with Crippen LogP contribution in [0.25, 0.3) is 0 Å². The molecule has 0 radical (unpaired) electrons. The number of carbonyl (C=O) groups excluding carboxylic acids is 1. The number of nitrogens with one attached hydrogen (secondary N) is 1. The number of piperidine rings is 1. The molecule has 0 saturated carbocycles. The zero-order valence-corrected chi connectivity index (χ0v) is 14.6. The lowest BCUT2D eigenvalue weighted by Crippen LogP contribution is -2.47. The molecule has 140 valence electrons. The zero-order valence-electron chi connectivity index (χ0n) is 14.6. The minimum absolute atomic E-state index is 0.0267. The average Bonchev–Trinajstić information content (AvgIpc) is 2.88. The fourth-order valence-electron chi connectivity index (χ4n) is 3.05. The lowest BCUT2D eigenvalue weighted by Gasteiger charge is -2.34. The van der Waals surface area contributed by atoms with Crippen LogP contribution in [0.1, 0.15) is 39.3 Å². The Bertz CT molecular complexity index is 633. The molecule has 2 atom stereocenters. The van der Waals surface area contributed by atoms with Crippen LogP contribution in [0, 0.1) is 17.8 Å². The van der Waals surface area contributed by atoms with E-state index in [4.69, 9.17) is 0 Å². The van der Waals surface area contributed by atoms with Gasteiger partial charge < -0.3 is 15.3 Å². The minimum Gasteiger partial charge on any atom is -0.481 e. The van der Waals surface area contributed by atoms with Gasteiger partial charge in [-0.1, -0.05) is 20.8 Å². The van der Waals surface area contributed by atoms with Gasteiger partial charge >= 0.3 is 12.0 Å². The van der Waals surface area contributed by atoms with Gasteiger partial charge in [0.15, 0.2) is 5.69 Å². The number of rotatable bonds is 5. The number of carboxylic acids is 1. The first-order valence-corrected chi connectivity index (χ1v) is 8.31. The molecule has 1 aromatic rings. The topological polar surface area (TPSA) is 87.5 Å². The largest absolute Gasteiger partial charge is 0.481 e. The molecule has 1 aliphatic rings. The van der Waals surface area contributed by atoms with Crippen molar-refractivity contribution in [2.24, 2.45) is 17.8 Å².